The number of hydrogen-bond donors (Lipinski definition) is 1. The van der Waals surface area contributed by atoms with E-state index in [-0.39, 0.29) is 0 Å². The van der Waals surface area contributed by atoms with Crippen LogP contribution in [-0.4, -0.2) is 18.8 Å². The minimum atomic E-state index is 0.343. The predicted octanol–water partition coefficient (Wildman–Crippen LogP) is 2.03. The van der Waals surface area contributed by atoms with E-state index >= 15 is 0 Å². The lowest BCUT2D eigenvalue weighted by molar-refractivity contribution is 0.0744. The summed E-state index contributed by atoms with van der Waals surface area (Å²) in [6, 6.07) is 0.343. The molecule has 0 aromatic rings. The van der Waals surface area contributed by atoms with Crippen LogP contribution in [0.1, 0.15) is 26.2 Å². The fraction of sp³-hybridized carbons (Fsp3) is 0.778. The first kappa shape index (κ1) is 10.0. The second-order valence-electron chi connectivity index (χ2n) is 3.46. The van der Waals surface area contributed by atoms with Gasteiger partial charge in [0.05, 0.1) is 12.7 Å². The van der Waals surface area contributed by atoms with Crippen LogP contribution >= 0.6 is 11.6 Å². The molecule has 1 aliphatic carbocycles. The molecule has 2 nitrogen and oxygen atoms in total. The molecule has 0 heterocycles. The van der Waals surface area contributed by atoms with Crippen molar-refractivity contribution in [3.05, 3.63) is 11.1 Å². The summed E-state index contributed by atoms with van der Waals surface area (Å²) in [5, 5.41) is 0. The van der Waals surface area contributed by atoms with Crippen LogP contribution in [-0.2, 0) is 4.74 Å². The van der Waals surface area contributed by atoms with Crippen LogP contribution < -0.4 is 5.73 Å². The highest BCUT2D eigenvalue weighted by molar-refractivity contribution is 6.25. The molecule has 0 aromatic carbocycles. The minimum Gasteiger partial charge on any atom is -0.374 e. The molecular formula is C9H16ClNO. The Morgan fingerprint density at radius 1 is 1.67 bits per heavy atom. The summed E-state index contributed by atoms with van der Waals surface area (Å²) in [5.74, 6) is 0. The lowest BCUT2D eigenvalue weighted by Crippen LogP contribution is -2.17. The van der Waals surface area contributed by atoms with E-state index in [0.717, 1.165) is 24.8 Å². The lowest BCUT2D eigenvalue weighted by Gasteiger charge is -2.10. The lowest BCUT2D eigenvalue weighted by atomic mass is 10.3. The molecule has 70 valence electrons. The molecule has 0 bridgehead atoms. The van der Waals surface area contributed by atoms with Crippen molar-refractivity contribution in [1.82, 2.24) is 0 Å². The molecule has 1 fully saturated rings. The highest BCUT2D eigenvalue weighted by atomic mass is 35.5. The van der Waals surface area contributed by atoms with Gasteiger partial charge < -0.3 is 10.5 Å². The highest BCUT2D eigenvalue weighted by Crippen LogP contribution is 2.20. The van der Waals surface area contributed by atoms with E-state index in [4.69, 9.17) is 22.1 Å². The Balaban J connectivity index is 2.16. The van der Waals surface area contributed by atoms with Gasteiger partial charge in [0.2, 0.25) is 0 Å². The van der Waals surface area contributed by atoms with Crippen LogP contribution in [0, 0.1) is 0 Å². The summed E-state index contributed by atoms with van der Waals surface area (Å²) in [6.45, 7) is 2.60. The Morgan fingerprint density at radius 2 is 2.42 bits per heavy atom. The van der Waals surface area contributed by atoms with E-state index in [1.807, 2.05) is 6.92 Å². The van der Waals surface area contributed by atoms with Crippen molar-refractivity contribution in [2.24, 2.45) is 5.73 Å². The molecule has 0 radical (unpaired) electrons. The number of ether oxygens (including phenoxy) is 1. The Kier molecular flexibility index (Phi) is 4.06. The van der Waals surface area contributed by atoms with Crippen LogP contribution in [0.4, 0.5) is 0 Å². The topological polar surface area (TPSA) is 35.2 Å². The van der Waals surface area contributed by atoms with E-state index < -0.39 is 0 Å². The molecule has 1 aliphatic rings. The van der Waals surface area contributed by atoms with Gasteiger partial charge in [0.1, 0.15) is 0 Å². The SMILES string of the molecule is C/C(=C\Cl)COC1CCC(N)C1. The van der Waals surface area contributed by atoms with Crippen LogP contribution in [0.3, 0.4) is 0 Å². The van der Waals surface area contributed by atoms with Gasteiger partial charge >= 0.3 is 0 Å². The maximum absolute atomic E-state index is 5.74. The average Bonchev–Trinajstić information content (AvgIpc) is 2.47. The summed E-state index contributed by atoms with van der Waals surface area (Å²) in [6.07, 6.45) is 3.53. The summed E-state index contributed by atoms with van der Waals surface area (Å²) in [7, 11) is 0. The maximum Gasteiger partial charge on any atom is 0.0689 e. The fourth-order valence-electron chi connectivity index (χ4n) is 1.41. The zero-order valence-electron chi connectivity index (χ0n) is 7.42. The molecule has 2 N–H and O–H groups in total. The summed E-state index contributed by atoms with van der Waals surface area (Å²) >= 11 is 5.50. The summed E-state index contributed by atoms with van der Waals surface area (Å²) in [4.78, 5) is 0. The molecule has 12 heavy (non-hydrogen) atoms. The standard InChI is InChI=1S/C9H16ClNO/c1-7(5-10)6-12-9-3-2-8(11)4-9/h5,8-9H,2-4,6,11H2,1H3/b7-5+. The van der Waals surface area contributed by atoms with Crippen molar-refractivity contribution in [2.45, 2.75) is 38.3 Å². The third kappa shape index (κ3) is 3.13. The van der Waals surface area contributed by atoms with Crippen molar-refractivity contribution in [3.63, 3.8) is 0 Å². The molecule has 2 atom stereocenters. The summed E-state index contributed by atoms with van der Waals surface area (Å²) < 4.78 is 5.59. The van der Waals surface area contributed by atoms with Gasteiger partial charge in [-0.15, -0.1) is 0 Å². The zero-order chi connectivity index (χ0) is 8.97. The molecule has 2 unspecified atom stereocenters. The molecule has 1 saturated carbocycles. The smallest absolute Gasteiger partial charge is 0.0689 e. The van der Waals surface area contributed by atoms with Crippen molar-refractivity contribution in [3.8, 4) is 0 Å². The van der Waals surface area contributed by atoms with Gasteiger partial charge in [-0.2, -0.15) is 0 Å². The number of rotatable bonds is 3. The minimum absolute atomic E-state index is 0.343. The highest BCUT2D eigenvalue weighted by Gasteiger charge is 2.21. The van der Waals surface area contributed by atoms with E-state index in [9.17, 15) is 0 Å². The Labute approximate surface area is 78.7 Å². The van der Waals surface area contributed by atoms with Crippen LogP contribution in [0.25, 0.3) is 0 Å². The van der Waals surface area contributed by atoms with Crippen LogP contribution in [0.15, 0.2) is 11.1 Å². The molecule has 0 aliphatic heterocycles. The molecule has 0 amide bonds. The number of nitrogens with two attached hydrogens (primary N) is 1. The zero-order valence-corrected chi connectivity index (χ0v) is 8.18. The first-order chi connectivity index (χ1) is 5.72. The molecule has 0 spiro atoms. The molecule has 3 heteroatoms. The van der Waals surface area contributed by atoms with Gasteiger partial charge in [0.15, 0.2) is 0 Å². The Morgan fingerprint density at radius 3 is 2.92 bits per heavy atom. The maximum atomic E-state index is 5.74. The van der Waals surface area contributed by atoms with Crippen molar-refractivity contribution in [2.75, 3.05) is 6.61 Å². The van der Waals surface area contributed by atoms with Gasteiger partial charge in [-0.25, -0.2) is 0 Å². The fourth-order valence-corrected chi connectivity index (χ4v) is 1.47. The second-order valence-corrected chi connectivity index (χ2v) is 3.68. The first-order valence-electron chi connectivity index (χ1n) is 4.35. The van der Waals surface area contributed by atoms with Gasteiger partial charge in [0.25, 0.3) is 0 Å². The predicted molar refractivity (Wildman–Crippen MR) is 51.2 cm³/mol. The van der Waals surface area contributed by atoms with Gasteiger partial charge in [-0.1, -0.05) is 11.6 Å². The normalized spacial score (nSPS) is 31.1. The average molecular weight is 190 g/mol. The van der Waals surface area contributed by atoms with Gasteiger partial charge in [-0.3, -0.25) is 0 Å². The molecule has 1 rings (SSSR count). The van der Waals surface area contributed by atoms with Crippen molar-refractivity contribution in [1.29, 1.82) is 0 Å². The van der Waals surface area contributed by atoms with E-state index in [1.54, 1.807) is 5.54 Å². The largest absolute Gasteiger partial charge is 0.374 e. The van der Waals surface area contributed by atoms with E-state index in [2.05, 4.69) is 0 Å². The second kappa shape index (κ2) is 4.85. The van der Waals surface area contributed by atoms with Gasteiger partial charge in [-0.05, 0) is 31.8 Å². The third-order valence-electron chi connectivity index (χ3n) is 2.16. The number of hydrogen-bond acceptors (Lipinski definition) is 2. The molecular weight excluding hydrogens is 174 g/mol. The molecule has 0 saturated heterocycles. The van der Waals surface area contributed by atoms with Crippen molar-refractivity contribution < 1.29 is 4.74 Å². The van der Waals surface area contributed by atoms with E-state index in [1.165, 1.54) is 0 Å². The number of halogens is 1. The van der Waals surface area contributed by atoms with E-state index in [0.29, 0.717) is 18.8 Å². The summed E-state index contributed by atoms with van der Waals surface area (Å²) in [5.41, 5.74) is 8.37. The Hall–Kier alpha value is -0.0500. The van der Waals surface area contributed by atoms with Crippen molar-refractivity contribution >= 4 is 11.6 Å². The quantitative estimate of drug-likeness (QED) is 0.738. The van der Waals surface area contributed by atoms with Gasteiger partial charge in [0, 0.05) is 11.6 Å². The monoisotopic (exact) mass is 189 g/mol. The first-order valence-corrected chi connectivity index (χ1v) is 4.79. The van der Waals surface area contributed by atoms with Crippen LogP contribution in [0.2, 0.25) is 0 Å². The Bertz CT molecular complexity index is 170. The van der Waals surface area contributed by atoms with Crippen LogP contribution in [0.5, 0.6) is 0 Å². The third-order valence-corrected chi connectivity index (χ3v) is 2.53. The molecule has 0 aromatic heterocycles.